The molecule has 1 aliphatic heterocycles. The smallest absolute Gasteiger partial charge is 0.243 e. The number of nitrogens with zero attached hydrogens (tertiary/aromatic N) is 1. The molecular formula is C25H29N3O4S. The minimum absolute atomic E-state index is 0.0212. The summed E-state index contributed by atoms with van der Waals surface area (Å²) in [6.07, 6.45) is 2.59. The van der Waals surface area contributed by atoms with Gasteiger partial charge in [-0.05, 0) is 60.6 Å². The van der Waals surface area contributed by atoms with Gasteiger partial charge in [-0.3, -0.25) is 9.59 Å². The summed E-state index contributed by atoms with van der Waals surface area (Å²) in [7, 11) is -3.66. The number of carbonyl (C=O) groups excluding carboxylic acids is 2. The van der Waals surface area contributed by atoms with E-state index in [9.17, 15) is 18.0 Å². The van der Waals surface area contributed by atoms with Gasteiger partial charge in [-0.25, -0.2) is 8.42 Å². The predicted octanol–water partition coefficient (Wildman–Crippen LogP) is 3.13. The molecule has 33 heavy (non-hydrogen) atoms. The standard InChI is InChI=1S/C25H29N3O4S/c1-3-24(29)27-23-13-14-28(16-17(23)2)33(31,32)20-11-9-19(10-12-20)26-25(30)22-15-21(22)18-7-5-4-6-8-18/h3-12,17,21-23H,1,13-16H2,2H3,(H,26,30)(H,27,29). The molecule has 1 aliphatic carbocycles. The molecule has 2 aromatic carbocycles. The van der Waals surface area contributed by atoms with Crippen molar-refractivity contribution < 1.29 is 18.0 Å². The Kier molecular flexibility index (Phi) is 6.67. The third-order valence-electron chi connectivity index (χ3n) is 6.50. The van der Waals surface area contributed by atoms with Crippen LogP contribution in [0.5, 0.6) is 0 Å². The van der Waals surface area contributed by atoms with Crippen LogP contribution in [0.25, 0.3) is 0 Å². The summed E-state index contributed by atoms with van der Waals surface area (Å²) in [6, 6.07) is 16.2. The van der Waals surface area contributed by atoms with Gasteiger partial charge in [0.15, 0.2) is 0 Å². The van der Waals surface area contributed by atoms with Gasteiger partial charge in [0.25, 0.3) is 0 Å². The third kappa shape index (κ3) is 5.17. The second-order valence-corrected chi connectivity index (χ2v) is 10.8. The fraction of sp³-hybridized carbons (Fsp3) is 0.360. The molecule has 4 unspecified atom stereocenters. The molecule has 4 rings (SSSR count). The van der Waals surface area contributed by atoms with Crippen molar-refractivity contribution in [1.29, 1.82) is 0 Å². The number of amides is 2. The molecule has 8 heteroatoms. The van der Waals surface area contributed by atoms with E-state index in [-0.39, 0.29) is 40.5 Å². The molecular weight excluding hydrogens is 438 g/mol. The highest BCUT2D eigenvalue weighted by Crippen LogP contribution is 2.47. The Balaban J connectivity index is 1.35. The number of hydrogen-bond donors (Lipinski definition) is 2. The molecule has 2 aliphatic rings. The molecule has 174 valence electrons. The molecule has 2 aromatic rings. The van der Waals surface area contributed by atoms with Gasteiger partial charge in [-0.2, -0.15) is 4.31 Å². The van der Waals surface area contributed by atoms with Crippen LogP contribution in [0.3, 0.4) is 0 Å². The Labute approximate surface area is 194 Å². The Morgan fingerprint density at radius 1 is 1.09 bits per heavy atom. The van der Waals surface area contributed by atoms with E-state index in [2.05, 4.69) is 17.2 Å². The van der Waals surface area contributed by atoms with Crippen LogP contribution in [0.1, 0.15) is 31.2 Å². The minimum Gasteiger partial charge on any atom is -0.349 e. The summed E-state index contributed by atoms with van der Waals surface area (Å²) in [6.45, 7) is 6.04. The van der Waals surface area contributed by atoms with E-state index in [1.807, 2.05) is 37.3 Å². The first-order valence-electron chi connectivity index (χ1n) is 11.2. The Morgan fingerprint density at radius 2 is 1.79 bits per heavy atom. The first kappa shape index (κ1) is 23.2. The normalized spacial score (nSPS) is 25.1. The summed E-state index contributed by atoms with van der Waals surface area (Å²) >= 11 is 0. The second-order valence-electron chi connectivity index (χ2n) is 8.82. The fourth-order valence-electron chi connectivity index (χ4n) is 4.43. The van der Waals surface area contributed by atoms with Crippen LogP contribution in [-0.4, -0.2) is 43.7 Å². The van der Waals surface area contributed by atoms with Crippen molar-refractivity contribution in [2.24, 2.45) is 11.8 Å². The van der Waals surface area contributed by atoms with Crippen LogP contribution in [0.15, 0.2) is 72.1 Å². The van der Waals surface area contributed by atoms with E-state index in [1.54, 1.807) is 12.1 Å². The molecule has 0 aromatic heterocycles. The van der Waals surface area contributed by atoms with Crippen LogP contribution < -0.4 is 10.6 Å². The first-order valence-corrected chi connectivity index (χ1v) is 12.6. The van der Waals surface area contributed by atoms with Crippen LogP contribution in [0.2, 0.25) is 0 Å². The zero-order valence-electron chi connectivity index (χ0n) is 18.6. The molecule has 1 heterocycles. The summed E-state index contributed by atoms with van der Waals surface area (Å²) in [4.78, 5) is 24.3. The quantitative estimate of drug-likeness (QED) is 0.612. The van der Waals surface area contributed by atoms with E-state index in [4.69, 9.17) is 0 Å². The molecule has 2 fully saturated rings. The number of sulfonamides is 1. The lowest BCUT2D eigenvalue weighted by atomic mass is 9.95. The Morgan fingerprint density at radius 3 is 2.42 bits per heavy atom. The summed E-state index contributed by atoms with van der Waals surface area (Å²) < 4.78 is 27.7. The van der Waals surface area contributed by atoms with Crippen molar-refractivity contribution in [3.05, 3.63) is 72.8 Å². The summed E-state index contributed by atoms with van der Waals surface area (Å²) in [5.41, 5.74) is 1.75. The minimum atomic E-state index is -3.66. The lowest BCUT2D eigenvalue weighted by molar-refractivity contribution is -0.118. The number of hydrogen-bond acceptors (Lipinski definition) is 4. The van der Waals surface area contributed by atoms with Gasteiger partial charge in [0.2, 0.25) is 21.8 Å². The maximum atomic E-state index is 13.1. The molecule has 4 atom stereocenters. The van der Waals surface area contributed by atoms with Crippen molar-refractivity contribution in [2.75, 3.05) is 18.4 Å². The van der Waals surface area contributed by atoms with Gasteiger partial charge in [0.1, 0.15) is 0 Å². The number of carbonyl (C=O) groups is 2. The maximum absolute atomic E-state index is 13.1. The number of anilines is 1. The lowest BCUT2D eigenvalue weighted by Crippen LogP contribution is -2.51. The van der Waals surface area contributed by atoms with Crippen molar-refractivity contribution >= 4 is 27.5 Å². The molecule has 1 saturated carbocycles. The molecule has 0 bridgehead atoms. The number of nitrogens with one attached hydrogen (secondary N) is 2. The highest BCUT2D eigenvalue weighted by atomic mass is 32.2. The summed E-state index contributed by atoms with van der Waals surface area (Å²) in [5.74, 6) is -0.127. The van der Waals surface area contributed by atoms with E-state index < -0.39 is 10.0 Å². The molecule has 2 N–H and O–H groups in total. The molecule has 2 amide bonds. The van der Waals surface area contributed by atoms with Gasteiger partial charge < -0.3 is 10.6 Å². The van der Waals surface area contributed by atoms with E-state index in [0.717, 1.165) is 6.42 Å². The van der Waals surface area contributed by atoms with Crippen LogP contribution in [0.4, 0.5) is 5.69 Å². The Bertz CT molecular complexity index is 1130. The molecule has 0 radical (unpaired) electrons. The van der Waals surface area contributed by atoms with E-state index >= 15 is 0 Å². The van der Waals surface area contributed by atoms with E-state index in [1.165, 1.54) is 28.1 Å². The van der Waals surface area contributed by atoms with Gasteiger partial charge in [-0.15, -0.1) is 0 Å². The van der Waals surface area contributed by atoms with Crippen molar-refractivity contribution in [3.8, 4) is 0 Å². The molecule has 1 saturated heterocycles. The SMILES string of the molecule is C=CC(=O)NC1CCN(S(=O)(=O)c2ccc(NC(=O)C3CC3c3ccccc3)cc2)CC1C. The van der Waals surface area contributed by atoms with Crippen LogP contribution in [-0.2, 0) is 19.6 Å². The zero-order chi connectivity index (χ0) is 23.6. The topological polar surface area (TPSA) is 95.6 Å². The second kappa shape index (κ2) is 9.49. The Hall–Kier alpha value is -2.97. The lowest BCUT2D eigenvalue weighted by Gasteiger charge is -2.36. The molecule has 0 spiro atoms. The fourth-order valence-corrected chi connectivity index (χ4v) is 5.98. The zero-order valence-corrected chi connectivity index (χ0v) is 19.4. The van der Waals surface area contributed by atoms with E-state index in [0.29, 0.717) is 25.2 Å². The van der Waals surface area contributed by atoms with Crippen LogP contribution >= 0.6 is 0 Å². The summed E-state index contributed by atoms with van der Waals surface area (Å²) in [5, 5.41) is 5.77. The van der Waals surface area contributed by atoms with Crippen LogP contribution in [0, 0.1) is 11.8 Å². The van der Waals surface area contributed by atoms with Crippen molar-refractivity contribution in [2.45, 2.75) is 36.6 Å². The number of piperidine rings is 1. The molecule has 7 nitrogen and oxygen atoms in total. The highest BCUT2D eigenvalue weighted by molar-refractivity contribution is 7.89. The van der Waals surface area contributed by atoms with Gasteiger partial charge in [-0.1, -0.05) is 43.8 Å². The number of rotatable bonds is 7. The van der Waals surface area contributed by atoms with Gasteiger partial charge in [0.05, 0.1) is 4.90 Å². The first-order chi connectivity index (χ1) is 15.8. The largest absolute Gasteiger partial charge is 0.349 e. The average Bonchev–Trinajstić information content (AvgIpc) is 3.62. The number of benzene rings is 2. The monoisotopic (exact) mass is 467 g/mol. The highest BCUT2D eigenvalue weighted by Gasteiger charge is 2.43. The predicted molar refractivity (Wildman–Crippen MR) is 127 cm³/mol. The van der Waals surface area contributed by atoms with Crippen molar-refractivity contribution in [1.82, 2.24) is 9.62 Å². The van der Waals surface area contributed by atoms with Crippen molar-refractivity contribution in [3.63, 3.8) is 0 Å². The van der Waals surface area contributed by atoms with Gasteiger partial charge in [0, 0.05) is 30.7 Å². The average molecular weight is 468 g/mol. The maximum Gasteiger partial charge on any atom is 0.243 e. The van der Waals surface area contributed by atoms with Gasteiger partial charge >= 0.3 is 0 Å². The third-order valence-corrected chi connectivity index (χ3v) is 8.37.